The van der Waals surface area contributed by atoms with Crippen molar-refractivity contribution in [3.8, 4) is 5.95 Å². The van der Waals surface area contributed by atoms with E-state index in [0.29, 0.717) is 5.95 Å². The van der Waals surface area contributed by atoms with E-state index in [4.69, 9.17) is 0 Å². The number of imidazole rings is 1. The van der Waals surface area contributed by atoms with Gasteiger partial charge in [0.15, 0.2) is 0 Å². The molecule has 0 bridgehead atoms. The minimum absolute atomic E-state index is 0.266. The Morgan fingerprint density at radius 2 is 1.96 bits per heavy atom. The highest BCUT2D eigenvalue weighted by molar-refractivity contribution is 5.76. The number of hydrogen-bond donors (Lipinski definition) is 2. The molecule has 4 rings (SSSR count). The molecular formula is C17H14N6O. The second kappa shape index (κ2) is 5.62. The molecule has 0 fully saturated rings. The number of aromatic amines is 1. The van der Waals surface area contributed by atoms with Crippen LogP contribution in [0.1, 0.15) is 5.56 Å². The van der Waals surface area contributed by atoms with Crippen molar-refractivity contribution in [3.05, 3.63) is 70.9 Å². The molecule has 0 saturated carbocycles. The molecule has 2 aromatic carbocycles. The lowest BCUT2D eigenvalue weighted by atomic mass is 10.2. The summed E-state index contributed by atoms with van der Waals surface area (Å²) in [5, 5.41) is 3.13. The van der Waals surface area contributed by atoms with Crippen LogP contribution in [0.3, 0.4) is 0 Å². The highest BCUT2D eigenvalue weighted by atomic mass is 16.1. The number of benzene rings is 2. The average Bonchev–Trinajstić information content (AvgIpc) is 2.91. The molecule has 2 N–H and O–H groups in total. The maximum Gasteiger partial charge on any atom is 0.333 e. The number of hydrogen-bond acceptors (Lipinski definition) is 5. The molecule has 7 nitrogen and oxygen atoms in total. The molecule has 0 saturated heterocycles. The zero-order chi connectivity index (χ0) is 16.5. The molecule has 0 spiro atoms. The van der Waals surface area contributed by atoms with Gasteiger partial charge < -0.3 is 10.3 Å². The first kappa shape index (κ1) is 14.1. The number of anilines is 2. The van der Waals surface area contributed by atoms with Gasteiger partial charge in [0.2, 0.25) is 11.9 Å². The van der Waals surface area contributed by atoms with Crippen LogP contribution in [0.25, 0.3) is 17.0 Å². The quantitative estimate of drug-likeness (QED) is 0.606. The number of aryl methyl sites for hydroxylation is 1. The maximum atomic E-state index is 12.2. The van der Waals surface area contributed by atoms with Crippen molar-refractivity contribution in [2.24, 2.45) is 0 Å². The topological polar surface area (TPSA) is 88.5 Å². The third-order valence-corrected chi connectivity index (χ3v) is 3.62. The third-order valence-electron chi connectivity index (χ3n) is 3.62. The van der Waals surface area contributed by atoms with Crippen molar-refractivity contribution in [1.82, 2.24) is 24.5 Å². The van der Waals surface area contributed by atoms with Crippen LogP contribution in [-0.4, -0.2) is 24.5 Å². The van der Waals surface area contributed by atoms with Gasteiger partial charge in [0.1, 0.15) is 6.33 Å². The van der Waals surface area contributed by atoms with E-state index >= 15 is 0 Å². The van der Waals surface area contributed by atoms with E-state index in [1.165, 1.54) is 10.9 Å². The van der Waals surface area contributed by atoms with Gasteiger partial charge in [-0.25, -0.2) is 19.3 Å². The summed E-state index contributed by atoms with van der Waals surface area (Å²) < 4.78 is 1.43. The van der Waals surface area contributed by atoms with Crippen LogP contribution in [0.2, 0.25) is 0 Å². The lowest BCUT2D eigenvalue weighted by Crippen LogP contribution is -2.18. The molecule has 7 heteroatoms. The van der Waals surface area contributed by atoms with Crippen LogP contribution < -0.4 is 11.0 Å². The van der Waals surface area contributed by atoms with Crippen LogP contribution in [0.5, 0.6) is 0 Å². The zero-order valence-corrected chi connectivity index (χ0v) is 12.9. The van der Waals surface area contributed by atoms with Gasteiger partial charge in [-0.3, -0.25) is 0 Å². The number of nitrogens with zero attached hydrogens (tertiary/aromatic N) is 4. The molecule has 2 heterocycles. The summed E-state index contributed by atoms with van der Waals surface area (Å²) in [7, 11) is 0. The molecule has 118 valence electrons. The van der Waals surface area contributed by atoms with Gasteiger partial charge in [-0.2, -0.15) is 4.98 Å². The molecule has 0 unspecified atom stereocenters. The van der Waals surface area contributed by atoms with Crippen molar-refractivity contribution in [2.45, 2.75) is 6.92 Å². The summed E-state index contributed by atoms with van der Waals surface area (Å²) in [6.45, 7) is 2.01. The monoisotopic (exact) mass is 318 g/mol. The Labute approximate surface area is 137 Å². The van der Waals surface area contributed by atoms with E-state index in [0.717, 1.165) is 22.3 Å². The van der Waals surface area contributed by atoms with Gasteiger partial charge in [-0.15, -0.1) is 0 Å². The summed E-state index contributed by atoms with van der Waals surface area (Å²) >= 11 is 0. The Morgan fingerprint density at radius 3 is 2.83 bits per heavy atom. The zero-order valence-electron chi connectivity index (χ0n) is 12.9. The number of aromatic nitrogens is 5. The summed E-state index contributed by atoms with van der Waals surface area (Å²) in [4.78, 5) is 27.6. The lowest BCUT2D eigenvalue weighted by Gasteiger charge is -2.07. The van der Waals surface area contributed by atoms with E-state index in [9.17, 15) is 4.79 Å². The lowest BCUT2D eigenvalue weighted by molar-refractivity contribution is 0.886. The van der Waals surface area contributed by atoms with Crippen LogP contribution in [-0.2, 0) is 0 Å². The number of para-hydroxylation sites is 2. The molecule has 4 aromatic rings. The molecule has 2 aromatic heterocycles. The highest BCUT2D eigenvalue weighted by Gasteiger charge is 2.11. The number of nitrogens with one attached hydrogen (secondary N) is 2. The SMILES string of the molecule is Cc1cccc(Nc2ncnc(-n3c(=O)[nH]c4ccccc43)n2)c1. The smallest absolute Gasteiger partial charge is 0.324 e. The summed E-state index contributed by atoms with van der Waals surface area (Å²) in [6.07, 6.45) is 1.38. The van der Waals surface area contributed by atoms with Gasteiger partial charge >= 0.3 is 5.69 Å². The Kier molecular flexibility index (Phi) is 3.31. The third kappa shape index (κ3) is 2.52. The number of fused-ring (bicyclic) bond motifs is 1. The molecule has 0 radical (unpaired) electrons. The van der Waals surface area contributed by atoms with Crippen LogP contribution in [0.4, 0.5) is 11.6 Å². The molecule has 0 aliphatic heterocycles. The Morgan fingerprint density at radius 1 is 1.08 bits per heavy atom. The maximum absolute atomic E-state index is 12.2. The van der Waals surface area contributed by atoms with Gasteiger partial charge in [0, 0.05) is 5.69 Å². The summed E-state index contributed by atoms with van der Waals surface area (Å²) in [6, 6.07) is 15.3. The predicted molar refractivity (Wildman–Crippen MR) is 91.7 cm³/mol. The summed E-state index contributed by atoms with van der Waals surface area (Å²) in [5.74, 6) is 0.644. The van der Waals surface area contributed by atoms with Crippen molar-refractivity contribution >= 4 is 22.7 Å². The van der Waals surface area contributed by atoms with Gasteiger partial charge in [0.05, 0.1) is 11.0 Å². The van der Waals surface area contributed by atoms with Crippen molar-refractivity contribution in [1.29, 1.82) is 0 Å². The molecular weight excluding hydrogens is 304 g/mol. The van der Waals surface area contributed by atoms with E-state index in [1.807, 2.05) is 55.5 Å². The minimum atomic E-state index is -0.288. The van der Waals surface area contributed by atoms with Crippen molar-refractivity contribution < 1.29 is 0 Å². The summed E-state index contributed by atoms with van der Waals surface area (Å²) in [5.41, 5.74) is 3.16. The normalized spacial score (nSPS) is 10.9. The molecule has 0 aliphatic rings. The van der Waals surface area contributed by atoms with Gasteiger partial charge in [0.25, 0.3) is 0 Å². The van der Waals surface area contributed by atoms with Crippen molar-refractivity contribution in [3.63, 3.8) is 0 Å². The fourth-order valence-electron chi connectivity index (χ4n) is 2.56. The molecule has 24 heavy (non-hydrogen) atoms. The van der Waals surface area contributed by atoms with Gasteiger partial charge in [-0.1, -0.05) is 24.3 Å². The Balaban J connectivity index is 1.77. The number of rotatable bonds is 3. The van der Waals surface area contributed by atoms with Crippen LogP contribution >= 0.6 is 0 Å². The van der Waals surface area contributed by atoms with E-state index in [-0.39, 0.29) is 11.6 Å². The van der Waals surface area contributed by atoms with Crippen LogP contribution in [0.15, 0.2) is 59.7 Å². The molecule has 0 aliphatic carbocycles. The molecule has 0 atom stereocenters. The van der Waals surface area contributed by atoms with E-state index < -0.39 is 0 Å². The Bertz CT molecular complexity index is 1080. The second-order valence-corrected chi connectivity index (χ2v) is 5.39. The standard InChI is InChI=1S/C17H14N6O/c1-11-5-4-6-12(9-11)20-15-18-10-19-16(22-15)23-14-8-3-2-7-13(14)21-17(23)24/h2-10H,1H3,(H,21,24)(H,18,19,20,22). The minimum Gasteiger partial charge on any atom is -0.324 e. The first-order valence-corrected chi connectivity index (χ1v) is 7.43. The second-order valence-electron chi connectivity index (χ2n) is 5.39. The Hall–Kier alpha value is -3.48. The van der Waals surface area contributed by atoms with E-state index in [1.54, 1.807) is 0 Å². The first-order valence-electron chi connectivity index (χ1n) is 7.43. The largest absolute Gasteiger partial charge is 0.333 e. The van der Waals surface area contributed by atoms with E-state index in [2.05, 4.69) is 25.3 Å². The highest BCUT2D eigenvalue weighted by Crippen LogP contribution is 2.16. The van der Waals surface area contributed by atoms with Crippen LogP contribution in [0, 0.1) is 6.92 Å². The predicted octanol–water partition coefficient (Wildman–Crippen LogP) is 2.56. The van der Waals surface area contributed by atoms with Gasteiger partial charge in [-0.05, 0) is 36.8 Å². The average molecular weight is 318 g/mol. The fraction of sp³-hybridized carbons (Fsp3) is 0.0588. The van der Waals surface area contributed by atoms with Crippen molar-refractivity contribution in [2.75, 3.05) is 5.32 Å². The fourth-order valence-corrected chi connectivity index (χ4v) is 2.56. The number of H-pyrrole nitrogens is 1. The first-order chi connectivity index (χ1) is 11.7. The molecule has 0 amide bonds.